The molecule has 0 saturated carbocycles. The molecule has 0 aliphatic carbocycles. The molecule has 2 aromatic heterocycles. The number of rotatable bonds is 6. The van der Waals surface area contributed by atoms with Gasteiger partial charge in [-0.2, -0.15) is 0 Å². The molecule has 5 nitrogen and oxygen atoms in total. The van der Waals surface area contributed by atoms with Crippen molar-refractivity contribution < 1.29 is 4.74 Å². The second kappa shape index (κ2) is 7.38. The van der Waals surface area contributed by atoms with E-state index in [-0.39, 0.29) is 6.17 Å². The molecule has 2 heterocycles. The van der Waals surface area contributed by atoms with Crippen molar-refractivity contribution in [3.63, 3.8) is 0 Å². The second-order valence-corrected chi connectivity index (χ2v) is 6.15. The number of nitrogens with one attached hydrogen (secondary N) is 2. The SMILES string of the molecule is COc1ccc2c(NC(C)NCCCl)c3nc(Cl)ccc3nc2c1. The van der Waals surface area contributed by atoms with Gasteiger partial charge in [0.2, 0.25) is 0 Å². The van der Waals surface area contributed by atoms with E-state index < -0.39 is 0 Å². The van der Waals surface area contributed by atoms with Crippen molar-refractivity contribution in [1.82, 2.24) is 15.3 Å². The van der Waals surface area contributed by atoms with Crippen LogP contribution < -0.4 is 15.4 Å². The highest BCUT2D eigenvalue weighted by molar-refractivity contribution is 6.30. The number of hydrogen-bond donors (Lipinski definition) is 2. The zero-order chi connectivity index (χ0) is 17.1. The molecule has 0 bridgehead atoms. The van der Waals surface area contributed by atoms with E-state index in [2.05, 4.69) is 20.6 Å². The summed E-state index contributed by atoms with van der Waals surface area (Å²) in [5.74, 6) is 1.31. The lowest BCUT2D eigenvalue weighted by Gasteiger charge is -2.19. The van der Waals surface area contributed by atoms with Gasteiger partial charge < -0.3 is 10.1 Å². The van der Waals surface area contributed by atoms with Crippen LogP contribution in [0.5, 0.6) is 5.75 Å². The molecule has 0 spiro atoms. The Morgan fingerprint density at radius 1 is 1.17 bits per heavy atom. The molecule has 3 aromatic rings. The van der Waals surface area contributed by atoms with Crippen LogP contribution in [-0.4, -0.2) is 35.7 Å². The smallest absolute Gasteiger partial charge is 0.130 e. The van der Waals surface area contributed by atoms with Crippen LogP contribution >= 0.6 is 23.2 Å². The lowest BCUT2D eigenvalue weighted by molar-refractivity contribution is 0.415. The van der Waals surface area contributed by atoms with Crippen molar-refractivity contribution >= 4 is 50.8 Å². The van der Waals surface area contributed by atoms with E-state index in [1.807, 2.05) is 31.2 Å². The van der Waals surface area contributed by atoms with Crippen molar-refractivity contribution in [3.05, 3.63) is 35.5 Å². The van der Waals surface area contributed by atoms with Crippen LogP contribution in [-0.2, 0) is 0 Å². The first-order valence-corrected chi connectivity index (χ1v) is 8.53. The van der Waals surface area contributed by atoms with E-state index >= 15 is 0 Å². The van der Waals surface area contributed by atoms with E-state index in [4.69, 9.17) is 27.9 Å². The first-order valence-electron chi connectivity index (χ1n) is 7.62. The Labute approximate surface area is 150 Å². The number of anilines is 1. The molecule has 7 heteroatoms. The lowest BCUT2D eigenvalue weighted by atomic mass is 10.1. The number of benzene rings is 1. The maximum atomic E-state index is 6.09. The minimum Gasteiger partial charge on any atom is -0.497 e. The normalized spacial score (nSPS) is 12.5. The van der Waals surface area contributed by atoms with Gasteiger partial charge in [-0.3, -0.25) is 5.32 Å². The Morgan fingerprint density at radius 3 is 2.75 bits per heavy atom. The minimum atomic E-state index is 0.0143. The molecule has 24 heavy (non-hydrogen) atoms. The fourth-order valence-electron chi connectivity index (χ4n) is 2.59. The van der Waals surface area contributed by atoms with Crippen LogP contribution in [0.3, 0.4) is 0 Å². The maximum Gasteiger partial charge on any atom is 0.130 e. The van der Waals surface area contributed by atoms with Gasteiger partial charge >= 0.3 is 0 Å². The molecule has 0 aliphatic rings. The predicted octanol–water partition coefficient (Wildman–Crippen LogP) is 4.03. The summed E-state index contributed by atoms with van der Waals surface area (Å²) in [7, 11) is 1.64. The summed E-state index contributed by atoms with van der Waals surface area (Å²) in [6.07, 6.45) is 0.0143. The molecule has 0 radical (unpaired) electrons. The molecule has 1 unspecified atom stereocenters. The summed E-state index contributed by atoms with van der Waals surface area (Å²) in [6, 6.07) is 9.39. The summed E-state index contributed by atoms with van der Waals surface area (Å²) in [5, 5.41) is 8.14. The Balaban J connectivity index is 2.17. The number of nitrogens with zero attached hydrogens (tertiary/aromatic N) is 2. The second-order valence-electron chi connectivity index (χ2n) is 5.38. The Kier molecular flexibility index (Phi) is 5.23. The number of pyridine rings is 2. The van der Waals surface area contributed by atoms with Gasteiger partial charge in [0, 0.05) is 23.9 Å². The lowest BCUT2D eigenvalue weighted by Crippen LogP contribution is -2.34. The van der Waals surface area contributed by atoms with Crippen molar-refractivity contribution in [2.75, 3.05) is 24.9 Å². The van der Waals surface area contributed by atoms with Gasteiger partial charge in [0.15, 0.2) is 0 Å². The highest BCUT2D eigenvalue weighted by atomic mass is 35.5. The molecule has 3 rings (SSSR count). The van der Waals surface area contributed by atoms with E-state index in [1.54, 1.807) is 13.2 Å². The summed E-state index contributed by atoms with van der Waals surface area (Å²) >= 11 is 11.8. The van der Waals surface area contributed by atoms with Gasteiger partial charge in [-0.25, -0.2) is 9.97 Å². The average molecular weight is 365 g/mol. The largest absolute Gasteiger partial charge is 0.497 e. The number of aromatic nitrogens is 2. The van der Waals surface area contributed by atoms with Crippen molar-refractivity contribution in [3.8, 4) is 5.75 Å². The molecule has 126 valence electrons. The number of alkyl halides is 1. The minimum absolute atomic E-state index is 0.0143. The molecule has 1 atom stereocenters. The standard InChI is InChI=1S/C17H18Cl2N4O/c1-10(20-8-7-18)21-16-12-4-3-11(24-2)9-14(12)22-13-5-6-15(19)23-17(13)16/h3-6,9-10,20H,7-8H2,1-2H3,(H,21,22). The van der Waals surface area contributed by atoms with Gasteiger partial charge in [0.25, 0.3) is 0 Å². The highest BCUT2D eigenvalue weighted by Gasteiger charge is 2.13. The maximum absolute atomic E-state index is 6.09. The molecular weight excluding hydrogens is 347 g/mol. The summed E-state index contributed by atoms with van der Waals surface area (Å²) in [5.41, 5.74) is 3.22. The molecule has 0 fully saturated rings. The average Bonchev–Trinajstić information content (AvgIpc) is 2.59. The number of fused-ring (bicyclic) bond motifs is 2. The summed E-state index contributed by atoms with van der Waals surface area (Å²) in [4.78, 5) is 9.13. The Bertz CT molecular complexity index is 872. The van der Waals surface area contributed by atoms with Crippen molar-refractivity contribution in [2.45, 2.75) is 13.1 Å². The van der Waals surface area contributed by atoms with Crippen LogP contribution in [0.4, 0.5) is 5.69 Å². The van der Waals surface area contributed by atoms with Crippen molar-refractivity contribution in [2.24, 2.45) is 0 Å². The van der Waals surface area contributed by atoms with Gasteiger partial charge in [0.1, 0.15) is 16.4 Å². The highest BCUT2D eigenvalue weighted by Crippen LogP contribution is 2.32. The van der Waals surface area contributed by atoms with Crippen molar-refractivity contribution in [1.29, 1.82) is 0 Å². The first kappa shape index (κ1) is 17.0. The topological polar surface area (TPSA) is 59.1 Å². The van der Waals surface area contributed by atoms with E-state index in [9.17, 15) is 0 Å². The van der Waals surface area contributed by atoms with Crippen LogP contribution in [0.15, 0.2) is 30.3 Å². The summed E-state index contributed by atoms with van der Waals surface area (Å²) < 4.78 is 5.30. The molecule has 2 N–H and O–H groups in total. The number of ether oxygens (including phenoxy) is 1. The number of hydrogen-bond acceptors (Lipinski definition) is 5. The van der Waals surface area contributed by atoms with E-state index in [1.165, 1.54) is 0 Å². The quantitative estimate of drug-likeness (QED) is 0.299. The van der Waals surface area contributed by atoms with Gasteiger partial charge in [0.05, 0.1) is 30.0 Å². The zero-order valence-electron chi connectivity index (χ0n) is 13.4. The molecule has 0 aliphatic heterocycles. The van der Waals surface area contributed by atoms with Gasteiger partial charge in [-0.05, 0) is 31.2 Å². The third kappa shape index (κ3) is 3.48. The first-order chi connectivity index (χ1) is 11.6. The third-order valence-electron chi connectivity index (χ3n) is 3.70. The van der Waals surface area contributed by atoms with E-state index in [0.717, 1.165) is 33.4 Å². The summed E-state index contributed by atoms with van der Waals surface area (Å²) in [6.45, 7) is 2.73. The zero-order valence-corrected chi connectivity index (χ0v) is 14.9. The number of methoxy groups -OCH3 is 1. The molecular formula is C17H18Cl2N4O. The third-order valence-corrected chi connectivity index (χ3v) is 4.10. The predicted molar refractivity (Wildman–Crippen MR) is 100 cm³/mol. The van der Waals surface area contributed by atoms with Crippen LogP contribution in [0.25, 0.3) is 21.9 Å². The van der Waals surface area contributed by atoms with Crippen LogP contribution in [0, 0.1) is 0 Å². The molecule has 0 amide bonds. The Morgan fingerprint density at radius 2 is 2.00 bits per heavy atom. The molecule has 0 saturated heterocycles. The monoisotopic (exact) mass is 364 g/mol. The molecule has 1 aromatic carbocycles. The van der Waals surface area contributed by atoms with Crippen LogP contribution in [0.2, 0.25) is 5.15 Å². The van der Waals surface area contributed by atoms with Crippen LogP contribution in [0.1, 0.15) is 6.92 Å². The fraction of sp³-hybridized carbons (Fsp3) is 0.294. The van der Waals surface area contributed by atoms with E-state index in [0.29, 0.717) is 17.6 Å². The van der Waals surface area contributed by atoms with Gasteiger partial charge in [-0.1, -0.05) is 11.6 Å². The van der Waals surface area contributed by atoms with Gasteiger partial charge in [-0.15, -0.1) is 11.6 Å². The Hall–Kier alpha value is -1.82. The number of halogens is 2. The fourth-order valence-corrected chi connectivity index (χ4v) is 2.84.